The fourth-order valence-electron chi connectivity index (χ4n) is 5.76. The van der Waals surface area contributed by atoms with E-state index >= 15 is 0 Å². The lowest BCUT2D eigenvalue weighted by molar-refractivity contribution is -0.144. The second-order valence-electron chi connectivity index (χ2n) is 7.24. The first-order valence-electron chi connectivity index (χ1n) is 7.27. The van der Waals surface area contributed by atoms with Gasteiger partial charge in [0, 0.05) is 23.0 Å². The molecule has 0 bridgehead atoms. The van der Waals surface area contributed by atoms with E-state index < -0.39 is 6.29 Å². The highest BCUT2D eigenvalue weighted by atomic mass is 16.6. The van der Waals surface area contributed by atoms with Gasteiger partial charge in [-0.1, -0.05) is 6.92 Å². The van der Waals surface area contributed by atoms with Crippen LogP contribution in [0.25, 0.3) is 0 Å². The number of rotatable bonds is 0. The van der Waals surface area contributed by atoms with Crippen LogP contribution in [-0.2, 0) is 14.3 Å². The van der Waals surface area contributed by atoms with Gasteiger partial charge in [0.25, 0.3) is 0 Å². The SMILES string of the molecule is CC1=C2C3OC(O)C4C3[C@@](C)(C[C@@H]2OC1=O)[C@@H]1C[C@H]41. The van der Waals surface area contributed by atoms with E-state index in [9.17, 15) is 9.90 Å². The van der Waals surface area contributed by atoms with E-state index in [1.807, 2.05) is 6.92 Å². The van der Waals surface area contributed by atoms with Crippen molar-refractivity contribution in [1.82, 2.24) is 0 Å². The Hall–Kier alpha value is -0.870. The summed E-state index contributed by atoms with van der Waals surface area (Å²) in [5.41, 5.74) is 1.91. The van der Waals surface area contributed by atoms with Crippen LogP contribution in [0.3, 0.4) is 0 Å². The average molecular weight is 262 g/mol. The molecule has 2 aliphatic heterocycles. The summed E-state index contributed by atoms with van der Waals surface area (Å²) < 4.78 is 11.4. The highest BCUT2D eigenvalue weighted by Gasteiger charge is 2.75. The molecule has 5 rings (SSSR count). The van der Waals surface area contributed by atoms with Gasteiger partial charge in [-0.2, -0.15) is 0 Å². The molecule has 0 radical (unpaired) electrons. The summed E-state index contributed by atoms with van der Waals surface area (Å²) in [6.07, 6.45) is 1.28. The number of hydrogen-bond donors (Lipinski definition) is 1. The molecule has 0 aromatic rings. The van der Waals surface area contributed by atoms with Crippen molar-refractivity contribution >= 4 is 5.97 Å². The van der Waals surface area contributed by atoms with E-state index in [-0.39, 0.29) is 29.5 Å². The smallest absolute Gasteiger partial charge is 0.334 e. The maximum atomic E-state index is 11.8. The van der Waals surface area contributed by atoms with Crippen LogP contribution in [0.5, 0.6) is 0 Å². The van der Waals surface area contributed by atoms with Crippen molar-refractivity contribution in [1.29, 1.82) is 0 Å². The Morgan fingerprint density at radius 2 is 2.21 bits per heavy atom. The van der Waals surface area contributed by atoms with Crippen LogP contribution < -0.4 is 0 Å². The molecule has 3 saturated carbocycles. The van der Waals surface area contributed by atoms with E-state index in [1.54, 1.807) is 0 Å². The fourth-order valence-corrected chi connectivity index (χ4v) is 5.76. The Balaban J connectivity index is 1.68. The molecular weight excluding hydrogens is 244 g/mol. The number of aliphatic hydroxyl groups excluding tert-OH is 1. The number of aliphatic hydroxyl groups is 1. The molecule has 4 nitrogen and oxygen atoms in total. The molecule has 3 aliphatic carbocycles. The predicted octanol–water partition coefficient (Wildman–Crippen LogP) is 1.24. The van der Waals surface area contributed by atoms with Crippen LogP contribution in [0.4, 0.5) is 0 Å². The van der Waals surface area contributed by atoms with Crippen LogP contribution in [0.15, 0.2) is 11.1 Å². The zero-order chi connectivity index (χ0) is 13.1. The summed E-state index contributed by atoms with van der Waals surface area (Å²) in [5.74, 6) is 1.78. The highest BCUT2D eigenvalue weighted by molar-refractivity contribution is 5.92. The second-order valence-corrected chi connectivity index (χ2v) is 7.24. The van der Waals surface area contributed by atoms with E-state index in [0.29, 0.717) is 23.3 Å². The lowest BCUT2D eigenvalue weighted by Gasteiger charge is -2.44. The van der Waals surface area contributed by atoms with Gasteiger partial charge in [0.15, 0.2) is 6.29 Å². The first-order valence-corrected chi connectivity index (χ1v) is 7.27. The van der Waals surface area contributed by atoms with E-state index in [1.165, 1.54) is 6.42 Å². The lowest BCUT2D eigenvalue weighted by atomic mass is 9.61. The molecule has 1 N–H and O–H groups in total. The van der Waals surface area contributed by atoms with Crippen LogP contribution in [0, 0.1) is 29.1 Å². The Bertz CT molecular complexity index is 538. The van der Waals surface area contributed by atoms with E-state index in [4.69, 9.17) is 9.47 Å². The number of carbonyl (C=O) groups is 1. The normalized spacial score (nSPS) is 60.8. The van der Waals surface area contributed by atoms with Crippen molar-refractivity contribution in [2.75, 3.05) is 0 Å². The summed E-state index contributed by atoms with van der Waals surface area (Å²) in [6, 6.07) is 0. The molecule has 8 atom stereocenters. The summed E-state index contributed by atoms with van der Waals surface area (Å²) in [5, 5.41) is 10.3. The maximum Gasteiger partial charge on any atom is 0.334 e. The number of esters is 1. The van der Waals surface area contributed by atoms with Crippen LogP contribution in [0.2, 0.25) is 0 Å². The predicted molar refractivity (Wildman–Crippen MR) is 64.8 cm³/mol. The average Bonchev–Trinajstić information content (AvgIpc) is 2.92. The molecule has 4 fully saturated rings. The third-order valence-electron chi connectivity index (χ3n) is 6.57. The zero-order valence-corrected chi connectivity index (χ0v) is 11.1. The second kappa shape index (κ2) is 2.91. The topological polar surface area (TPSA) is 55.8 Å². The molecule has 0 aromatic heterocycles. The van der Waals surface area contributed by atoms with Gasteiger partial charge in [-0.3, -0.25) is 0 Å². The minimum absolute atomic E-state index is 0.0944. The third kappa shape index (κ3) is 1.02. The maximum absolute atomic E-state index is 11.8. The molecule has 0 spiro atoms. The summed E-state index contributed by atoms with van der Waals surface area (Å²) >= 11 is 0. The molecule has 4 unspecified atom stereocenters. The largest absolute Gasteiger partial charge is 0.454 e. The standard InChI is InChI=1S/C15H18O4/c1-5-9-8(18-13(5)16)4-15(2)7-3-6(7)10-11(15)12(9)19-14(10)17/h6-8,10-12,14,17H,3-4H2,1-2H3/t6-,7+,8-,10?,11?,12?,14?,15-/m0/s1. The van der Waals surface area contributed by atoms with Gasteiger partial charge in [-0.15, -0.1) is 0 Å². The van der Waals surface area contributed by atoms with Gasteiger partial charge in [-0.05, 0) is 37.0 Å². The van der Waals surface area contributed by atoms with Crippen LogP contribution in [-0.4, -0.2) is 29.6 Å². The van der Waals surface area contributed by atoms with Crippen LogP contribution >= 0.6 is 0 Å². The molecule has 19 heavy (non-hydrogen) atoms. The third-order valence-corrected chi connectivity index (χ3v) is 6.57. The van der Waals surface area contributed by atoms with Crippen molar-refractivity contribution in [3.8, 4) is 0 Å². The van der Waals surface area contributed by atoms with Crippen molar-refractivity contribution < 1.29 is 19.4 Å². The first kappa shape index (κ1) is 10.9. The zero-order valence-electron chi connectivity index (χ0n) is 11.1. The van der Waals surface area contributed by atoms with Gasteiger partial charge in [0.05, 0.1) is 6.10 Å². The van der Waals surface area contributed by atoms with Crippen molar-refractivity contribution in [3.63, 3.8) is 0 Å². The lowest BCUT2D eigenvalue weighted by Crippen LogP contribution is -2.45. The number of carbonyl (C=O) groups excluding carboxylic acids is 1. The van der Waals surface area contributed by atoms with Crippen molar-refractivity contribution in [2.45, 2.75) is 45.2 Å². The number of hydrogen-bond acceptors (Lipinski definition) is 4. The highest BCUT2D eigenvalue weighted by Crippen LogP contribution is 2.75. The van der Waals surface area contributed by atoms with Gasteiger partial charge in [-0.25, -0.2) is 4.79 Å². The minimum atomic E-state index is -0.651. The van der Waals surface area contributed by atoms with Gasteiger partial charge >= 0.3 is 5.97 Å². The molecular formula is C15H18O4. The van der Waals surface area contributed by atoms with Gasteiger partial charge in [0.2, 0.25) is 0 Å². The van der Waals surface area contributed by atoms with E-state index in [2.05, 4.69) is 6.92 Å². The quantitative estimate of drug-likeness (QED) is 0.667. The summed E-state index contributed by atoms with van der Waals surface area (Å²) in [7, 11) is 0. The van der Waals surface area contributed by atoms with Gasteiger partial charge in [0.1, 0.15) is 6.10 Å². The summed E-state index contributed by atoms with van der Waals surface area (Å²) in [4.78, 5) is 11.8. The molecule has 4 heteroatoms. The Kier molecular flexibility index (Phi) is 1.66. The summed E-state index contributed by atoms with van der Waals surface area (Å²) in [6.45, 7) is 4.15. The molecule has 1 saturated heterocycles. The Labute approximate surface area is 111 Å². The van der Waals surface area contributed by atoms with E-state index in [0.717, 1.165) is 12.0 Å². The molecule has 2 heterocycles. The fraction of sp³-hybridized carbons (Fsp3) is 0.800. The number of fused-ring (bicyclic) bond motifs is 5. The van der Waals surface area contributed by atoms with Gasteiger partial charge < -0.3 is 14.6 Å². The van der Waals surface area contributed by atoms with Crippen molar-refractivity contribution in [2.24, 2.45) is 29.1 Å². The monoisotopic (exact) mass is 262 g/mol. The van der Waals surface area contributed by atoms with Crippen LogP contribution in [0.1, 0.15) is 26.7 Å². The Morgan fingerprint density at radius 1 is 1.42 bits per heavy atom. The molecule has 0 amide bonds. The molecule has 102 valence electrons. The minimum Gasteiger partial charge on any atom is -0.454 e. The molecule has 0 aromatic carbocycles. The molecule has 5 aliphatic rings. The van der Waals surface area contributed by atoms with Crippen molar-refractivity contribution in [3.05, 3.63) is 11.1 Å². The Morgan fingerprint density at radius 3 is 3.00 bits per heavy atom. The first-order chi connectivity index (χ1) is 9.02. The number of ether oxygens (including phenoxy) is 2.